The standard InChI is InChI=1S/C16H16N2O/c1-2-11-6-7-15-12(8-11)4-3-5-13(15)9-14-10-17-18-16(14)19/h3-9,17H,2,10H2,1H3,(H,18,19)/b14-9+. The van der Waals surface area contributed by atoms with Gasteiger partial charge in [0, 0.05) is 12.1 Å². The smallest absolute Gasteiger partial charge is 0.262 e. The van der Waals surface area contributed by atoms with E-state index in [0.717, 1.165) is 17.6 Å². The molecule has 0 unspecified atom stereocenters. The fourth-order valence-corrected chi connectivity index (χ4v) is 2.39. The highest BCUT2D eigenvalue weighted by molar-refractivity contribution is 6.02. The molecule has 0 bridgehead atoms. The third kappa shape index (κ3) is 2.25. The molecule has 1 aliphatic rings. The molecule has 3 heteroatoms. The van der Waals surface area contributed by atoms with E-state index < -0.39 is 0 Å². The molecule has 0 aliphatic carbocycles. The molecule has 2 aromatic rings. The second-order valence-corrected chi connectivity index (χ2v) is 4.73. The number of nitrogens with one attached hydrogen (secondary N) is 2. The molecule has 1 amide bonds. The van der Waals surface area contributed by atoms with Gasteiger partial charge in [-0.1, -0.05) is 43.3 Å². The number of benzene rings is 2. The topological polar surface area (TPSA) is 41.1 Å². The predicted octanol–water partition coefficient (Wildman–Crippen LogP) is 2.42. The predicted molar refractivity (Wildman–Crippen MR) is 77.4 cm³/mol. The molecule has 3 nitrogen and oxygen atoms in total. The van der Waals surface area contributed by atoms with Crippen LogP contribution in [-0.2, 0) is 11.2 Å². The summed E-state index contributed by atoms with van der Waals surface area (Å²) in [6.45, 7) is 2.73. The van der Waals surface area contributed by atoms with Crippen LogP contribution in [0.1, 0.15) is 18.1 Å². The Hall–Kier alpha value is -2.13. The van der Waals surface area contributed by atoms with Gasteiger partial charge in [-0.05, 0) is 34.4 Å². The summed E-state index contributed by atoms with van der Waals surface area (Å²) in [5.74, 6) is -0.0396. The molecule has 1 heterocycles. The molecule has 1 fully saturated rings. The van der Waals surface area contributed by atoms with Crippen LogP contribution in [0.4, 0.5) is 0 Å². The molecule has 1 aliphatic heterocycles. The van der Waals surface area contributed by atoms with Gasteiger partial charge in [-0.2, -0.15) is 0 Å². The largest absolute Gasteiger partial charge is 0.287 e. The third-order valence-electron chi connectivity index (χ3n) is 3.49. The Morgan fingerprint density at radius 2 is 2.16 bits per heavy atom. The summed E-state index contributed by atoms with van der Waals surface area (Å²) < 4.78 is 0. The second-order valence-electron chi connectivity index (χ2n) is 4.73. The molecular formula is C16H16N2O. The highest BCUT2D eigenvalue weighted by atomic mass is 16.2. The normalized spacial score (nSPS) is 17.1. The van der Waals surface area contributed by atoms with Gasteiger partial charge in [0.05, 0.1) is 0 Å². The van der Waals surface area contributed by atoms with Crippen LogP contribution in [0.5, 0.6) is 0 Å². The van der Waals surface area contributed by atoms with Crippen LogP contribution < -0.4 is 10.9 Å². The van der Waals surface area contributed by atoms with Gasteiger partial charge in [0.15, 0.2) is 0 Å². The minimum atomic E-state index is -0.0396. The lowest BCUT2D eigenvalue weighted by Gasteiger charge is -2.05. The van der Waals surface area contributed by atoms with Gasteiger partial charge in [0.25, 0.3) is 5.91 Å². The lowest BCUT2D eigenvalue weighted by atomic mass is 9.99. The van der Waals surface area contributed by atoms with Crippen LogP contribution in [0.2, 0.25) is 0 Å². The number of amides is 1. The molecule has 2 aromatic carbocycles. The fraction of sp³-hybridized carbons (Fsp3) is 0.188. The summed E-state index contributed by atoms with van der Waals surface area (Å²) in [7, 11) is 0. The minimum absolute atomic E-state index is 0.0396. The van der Waals surface area contributed by atoms with Gasteiger partial charge in [0.1, 0.15) is 0 Å². The Kier molecular flexibility index (Phi) is 3.05. The SMILES string of the molecule is CCc1ccc2c(/C=C3\CNNC3=O)cccc2c1. The lowest BCUT2D eigenvalue weighted by molar-refractivity contribution is -0.116. The van der Waals surface area contributed by atoms with Crippen molar-refractivity contribution in [3.63, 3.8) is 0 Å². The number of rotatable bonds is 2. The first-order valence-electron chi connectivity index (χ1n) is 6.53. The Balaban J connectivity index is 2.11. The second kappa shape index (κ2) is 4.86. The number of aryl methyl sites for hydroxylation is 1. The molecule has 0 aromatic heterocycles. The Labute approximate surface area is 112 Å². The van der Waals surface area contributed by atoms with E-state index in [0.29, 0.717) is 6.54 Å². The maximum Gasteiger partial charge on any atom is 0.262 e. The first-order valence-corrected chi connectivity index (χ1v) is 6.53. The third-order valence-corrected chi connectivity index (χ3v) is 3.49. The van der Waals surface area contributed by atoms with Gasteiger partial charge >= 0.3 is 0 Å². The first kappa shape index (κ1) is 11.9. The molecule has 3 rings (SSSR count). The van der Waals surface area contributed by atoms with E-state index in [9.17, 15) is 4.79 Å². The molecule has 0 atom stereocenters. The van der Waals surface area contributed by atoms with Crippen molar-refractivity contribution in [2.45, 2.75) is 13.3 Å². The maximum absolute atomic E-state index is 11.6. The van der Waals surface area contributed by atoms with Crippen LogP contribution in [0.3, 0.4) is 0 Å². The monoisotopic (exact) mass is 252 g/mol. The van der Waals surface area contributed by atoms with Crippen molar-refractivity contribution in [2.24, 2.45) is 0 Å². The summed E-state index contributed by atoms with van der Waals surface area (Å²) in [6.07, 6.45) is 3.00. The highest BCUT2D eigenvalue weighted by Gasteiger charge is 2.15. The highest BCUT2D eigenvalue weighted by Crippen LogP contribution is 2.23. The van der Waals surface area contributed by atoms with Gasteiger partial charge < -0.3 is 0 Å². The van der Waals surface area contributed by atoms with Crippen LogP contribution in [-0.4, -0.2) is 12.5 Å². The van der Waals surface area contributed by atoms with Crippen LogP contribution >= 0.6 is 0 Å². The summed E-state index contributed by atoms with van der Waals surface area (Å²) in [4.78, 5) is 11.6. The lowest BCUT2D eigenvalue weighted by Crippen LogP contribution is -2.25. The first-order chi connectivity index (χ1) is 9.28. The van der Waals surface area contributed by atoms with E-state index in [2.05, 4.69) is 42.0 Å². The summed E-state index contributed by atoms with van der Waals surface area (Å²) in [6, 6.07) is 12.7. The van der Waals surface area contributed by atoms with Crippen molar-refractivity contribution in [1.82, 2.24) is 10.9 Å². The van der Waals surface area contributed by atoms with Gasteiger partial charge in [-0.3, -0.25) is 10.2 Å². The van der Waals surface area contributed by atoms with E-state index in [-0.39, 0.29) is 5.91 Å². The van der Waals surface area contributed by atoms with Crippen molar-refractivity contribution in [3.05, 3.63) is 53.1 Å². The minimum Gasteiger partial charge on any atom is -0.287 e. The number of carbonyl (C=O) groups excluding carboxylic acids is 1. The number of hydrogen-bond donors (Lipinski definition) is 2. The maximum atomic E-state index is 11.6. The zero-order valence-electron chi connectivity index (χ0n) is 10.9. The van der Waals surface area contributed by atoms with Crippen molar-refractivity contribution in [3.8, 4) is 0 Å². The average molecular weight is 252 g/mol. The van der Waals surface area contributed by atoms with Crippen molar-refractivity contribution in [1.29, 1.82) is 0 Å². The molecule has 0 radical (unpaired) electrons. The Morgan fingerprint density at radius 3 is 2.89 bits per heavy atom. The summed E-state index contributed by atoms with van der Waals surface area (Å²) in [5.41, 5.74) is 8.63. The van der Waals surface area contributed by atoms with Crippen molar-refractivity contribution >= 4 is 22.8 Å². The van der Waals surface area contributed by atoms with E-state index in [1.807, 2.05) is 18.2 Å². The zero-order valence-corrected chi connectivity index (χ0v) is 10.9. The number of hydrogen-bond acceptors (Lipinski definition) is 2. The molecule has 0 saturated carbocycles. The molecule has 96 valence electrons. The van der Waals surface area contributed by atoms with Gasteiger partial charge in [-0.15, -0.1) is 0 Å². The van der Waals surface area contributed by atoms with Crippen molar-refractivity contribution < 1.29 is 4.79 Å². The van der Waals surface area contributed by atoms with Gasteiger partial charge in [0.2, 0.25) is 0 Å². The van der Waals surface area contributed by atoms with Crippen molar-refractivity contribution in [2.75, 3.05) is 6.54 Å². The Bertz CT molecular complexity index is 674. The van der Waals surface area contributed by atoms with Crippen LogP contribution in [0.15, 0.2) is 42.0 Å². The van der Waals surface area contributed by atoms with E-state index in [1.54, 1.807) is 0 Å². The molecule has 2 N–H and O–H groups in total. The molecule has 1 saturated heterocycles. The molecular weight excluding hydrogens is 236 g/mol. The molecule has 0 spiro atoms. The summed E-state index contributed by atoms with van der Waals surface area (Å²) >= 11 is 0. The number of hydrazine groups is 1. The Morgan fingerprint density at radius 1 is 1.26 bits per heavy atom. The van der Waals surface area contributed by atoms with Gasteiger partial charge in [-0.25, -0.2) is 5.43 Å². The quantitative estimate of drug-likeness (QED) is 0.806. The number of fused-ring (bicyclic) bond motifs is 1. The van der Waals surface area contributed by atoms with E-state index in [4.69, 9.17) is 0 Å². The van der Waals surface area contributed by atoms with Crippen LogP contribution in [0.25, 0.3) is 16.8 Å². The van der Waals surface area contributed by atoms with E-state index >= 15 is 0 Å². The number of carbonyl (C=O) groups is 1. The van der Waals surface area contributed by atoms with Crippen LogP contribution in [0, 0.1) is 0 Å². The molecule has 19 heavy (non-hydrogen) atoms. The zero-order chi connectivity index (χ0) is 13.2. The average Bonchev–Trinajstić information content (AvgIpc) is 2.84. The van der Waals surface area contributed by atoms with E-state index in [1.165, 1.54) is 16.3 Å². The fourth-order valence-electron chi connectivity index (χ4n) is 2.39. The summed E-state index contributed by atoms with van der Waals surface area (Å²) in [5, 5.41) is 2.41.